The Labute approximate surface area is 143 Å². The van der Waals surface area contributed by atoms with Crippen molar-refractivity contribution in [3.8, 4) is 12.1 Å². The number of aromatic nitrogens is 3. The van der Waals surface area contributed by atoms with Crippen molar-refractivity contribution in [3.05, 3.63) is 40.9 Å². The van der Waals surface area contributed by atoms with E-state index < -0.39 is 0 Å². The summed E-state index contributed by atoms with van der Waals surface area (Å²) in [7, 11) is 0. The number of halogens is 1. The standard InChI is InChI=1S/C16H16BrN5O/c17-13-8-20-16(21-9-13)23-11-12-3-2-6-22(10-12)15-4-1-5-19-14(15)7-18/h1,4-5,8-9,12H,2-3,6,10-11H2. The molecule has 1 atom stereocenters. The molecule has 1 saturated heterocycles. The normalized spacial score (nSPS) is 17.6. The van der Waals surface area contributed by atoms with Crippen molar-refractivity contribution < 1.29 is 4.74 Å². The highest BCUT2D eigenvalue weighted by Gasteiger charge is 2.23. The molecule has 1 fully saturated rings. The van der Waals surface area contributed by atoms with Gasteiger partial charge in [-0.2, -0.15) is 5.26 Å². The lowest BCUT2D eigenvalue weighted by Gasteiger charge is -2.34. The van der Waals surface area contributed by atoms with Gasteiger partial charge < -0.3 is 9.64 Å². The van der Waals surface area contributed by atoms with Crippen molar-refractivity contribution in [2.75, 3.05) is 24.6 Å². The van der Waals surface area contributed by atoms with E-state index in [1.807, 2.05) is 12.1 Å². The number of pyridine rings is 1. The molecule has 2 aromatic heterocycles. The van der Waals surface area contributed by atoms with Crippen molar-refractivity contribution >= 4 is 21.6 Å². The van der Waals surface area contributed by atoms with E-state index in [-0.39, 0.29) is 0 Å². The monoisotopic (exact) mass is 373 g/mol. The van der Waals surface area contributed by atoms with E-state index in [0.29, 0.717) is 24.2 Å². The zero-order valence-corrected chi connectivity index (χ0v) is 14.1. The van der Waals surface area contributed by atoms with Gasteiger partial charge in [0.25, 0.3) is 0 Å². The number of hydrogen-bond acceptors (Lipinski definition) is 6. The van der Waals surface area contributed by atoms with Crippen LogP contribution in [0.4, 0.5) is 5.69 Å². The molecule has 3 heterocycles. The average Bonchev–Trinajstić information content (AvgIpc) is 2.61. The molecule has 1 aliphatic rings. The lowest BCUT2D eigenvalue weighted by molar-refractivity contribution is 0.214. The molecular formula is C16H16BrN5O. The van der Waals surface area contributed by atoms with E-state index in [9.17, 15) is 5.26 Å². The van der Waals surface area contributed by atoms with Crippen LogP contribution in [0.1, 0.15) is 18.5 Å². The van der Waals surface area contributed by atoms with Crippen molar-refractivity contribution in [1.82, 2.24) is 15.0 Å². The highest BCUT2D eigenvalue weighted by Crippen LogP contribution is 2.25. The summed E-state index contributed by atoms with van der Waals surface area (Å²) in [5.74, 6) is 0.378. The fourth-order valence-corrected chi connectivity index (χ4v) is 2.93. The lowest BCUT2D eigenvalue weighted by Crippen LogP contribution is -2.38. The Balaban J connectivity index is 1.62. The van der Waals surface area contributed by atoms with Gasteiger partial charge in [0.1, 0.15) is 6.07 Å². The van der Waals surface area contributed by atoms with Crippen LogP contribution in [0.15, 0.2) is 35.2 Å². The van der Waals surface area contributed by atoms with Crippen LogP contribution in [0.5, 0.6) is 6.01 Å². The van der Waals surface area contributed by atoms with Crippen LogP contribution >= 0.6 is 15.9 Å². The Bertz CT molecular complexity index is 700. The maximum absolute atomic E-state index is 9.21. The minimum absolute atomic E-state index is 0.378. The van der Waals surface area contributed by atoms with E-state index >= 15 is 0 Å². The molecule has 0 N–H and O–H groups in total. The number of hydrogen-bond donors (Lipinski definition) is 0. The first-order valence-electron chi connectivity index (χ1n) is 7.46. The molecule has 1 unspecified atom stereocenters. The Morgan fingerprint density at radius 3 is 2.96 bits per heavy atom. The second-order valence-corrected chi connectivity index (χ2v) is 6.35. The number of nitrogens with zero attached hydrogens (tertiary/aromatic N) is 5. The van der Waals surface area contributed by atoms with E-state index in [1.54, 1.807) is 18.6 Å². The summed E-state index contributed by atoms with van der Waals surface area (Å²) in [4.78, 5) is 14.6. The summed E-state index contributed by atoms with van der Waals surface area (Å²) in [5, 5.41) is 9.21. The third kappa shape index (κ3) is 3.96. The second kappa shape index (κ2) is 7.38. The molecule has 0 aromatic carbocycles. The number of nitriles is 1. The molecule has 0 radical (unpaired) electrons. The van der Waals surface area contributed by atoms with E-state index in [1.165, 1.54) is 0 Å². The first-order chi connectivity index (χ1) is 11.3. The van der Waals surface area contributed by atoms with Crippen LogP contribution in [0.25, 0.3) is 0 Å². The zero-order valence-electron chi connectivity index (χ0n) is 12.5. The number of ether oxygens (including phenoxy) is 1. The topological polar surface area (TPSA) is 74.9 Å². The van der Waals surface area contributed by atoms with E-state index in [2.05, 4.69) is 41.9 Å². The fourth-order valence-electron chi connectivity index (χ4n) is 2.73. The van der Waals surface area contributed by atoms with Crippen LogP contribution < -0.4 is 9.64 Å². The SMILES string of the molecule is N#Cc1ncccc1N1CCCC(COc2ncc(Br)cn2)C1. The van der Waals surface area contributed by atoms with Crippen molar-refractivity contribution in [1.29, 1.82) is 5.26 Å². The minimum atomic E-state index is 0.378. The first kappa shape index (κ1) is 15.7. The van der Waals surface area contributed by atoms with Gasteiger partial charge in [0.15, 0.2) is 5.69 Å². The predicted molar refractivity (Wildman–Crippen MR) is 89.1 cm³/mol. The molecule has 0 amide bonds. The van der Waals surface area contributed by atoms with Crippen LogP contribution in [-0.4, -0.2) is 34.6 Å². The highest BCUT2D eigenvalue weighted by molar-refractivity contribution is 9.10. The molecule has 0 spiro atoms. The molecule has 23 heavy (non-hydrogen) atoms. The Hall–Kier alpha value is -2.20. The van der Waals surface area contributed by atoms with E-state index in [0.717, 1.165) is 36.1 Å². The van der Waals surface area contributed by atoms with Crippen LogP contribution in [0.3, 0.4) is 0 Å². The van der Waals surface area contributed by atoms with Gasteiger partial charge in [0.2, 0.25) is 0 Å². The molecule has 3 rings (SSSR count). The number of rotatable bonds is 4. The van der Waals surface area contributed by atoms with Crippen LogP contribution in [0.2, 0.25) is 0 Å². The Morgan fingerprint density at radius 1 is 1.35 bits per heavy atom. The summed E-state index contributed by atoms with van der Waals surface area (Å²) in [6.07, 6.45) is 7.15. The minimum Gasteiger partial charge on any atom is -0.463 e. The van der Waals surface area contributed by atoms with Gasteiger partial charge in [-0.3, -0.25) is 0 Å². The maximum Gasteiger partial charge on any atom is 0.316 e. The smallest absolute Gasteiger partial charge is 0.316 e. The van der Waals surface area contributed by atoms with Crippen molar-refractivity contribution in [2.45, 2.75) is 12.8 Å². The van der Waals surface area contributed by atoms with Crippen molar-refractivity contribution in [2.24, 2.45) is 5.92 Å². The third-order valence-corrected chi connectivity index (χ3v) is 4.21. The quantitative estimate of drug-likeness (QED) is 0.819. The molecule has 0 aliphatic carbocycles. The van der Waals surface area contributed by atoms with Gasteiger partial charge in [-0.15, -0.1) is 0 Å². The highest BCUT2D eigenvalue weighted by atomic mass is 79.9. The van der Waals surface area contributed by atoms with E-state index in [4.69, 9.17) is 4.74 Å². The number of anilines is 1. The summed E-state index contributed by atoms with van der Waals surface area (Å²) >= 11 is 3.30. The first-order valence-corrected chi connectivity index (χ1v) is 8.26. The molecular weight excluding hydrogens is 358 g/mol. The summed E-state index contributed by atoms with van der Waals surface area (Å²) in [6, 6.07) is 6.37. The molecule has 7 heteroatoms. The summed E-state index contributed by atoms with van der Waals surface area (Å²) in [6.45, 7) is 2.35. The zero-order chi connectivity index (χ0) is 16.1. The molecule has 1 aliphatic heterocycles. The van der Waals surface area contributed by atoms with Crippen molar-refractivity contribution in [3.63, 3.8) is 0 Å². The molecule has 2 aromatic rings. The Morgan fingerprint density at radius 2 is 2.17 bits per heavy atom. The second-order valence-electron chi connectivity index (χ2n) is 5.43. The van der Waals surface area contributed by atoms with Crippen LogP contribution in [-0.2, 0) is 0 Å². The van der Waals surface area contributed by atoms with Gasteiger partial charge in [0, 0.05) is 37.6 Å². The summed E-state index contributed by atoms with van der Waals surface area (Å²) < 4.78 is 6.52. The fraction of sp³-hybridized carbons (Fsp3) is 0.375. The molecule has 0 saturated carbocycles. The van der Waals surface area contributed by atoms with Gasteiger partial charge in [-0.25, -0.2) is 15.0 Å². The van der Waals surface area contributed by atoms with Gasteiger partial charge in [-0.1, -0.05) is 0 Å². The largest absolute Gasteiger partial charge is 0.463 e. The van der Waals surface area contributed by atoms with Crippen LogP contribution in [0, 0.1) is 17.2 Å². The van der Waals surface area contributed by atoms with Gasteiger partial charge >= 0.3 is 6.01 Å². The third-order valence-electron chi connectivity index (χ3n) is 3.80. The lowest BCUT2D eigenvalue weighted by atomic mass is 9.98. The molecule has 6 nitrogen and oxygen atoms in total. The predicted octanol–water partition coefficient (Wildman–Crippen LogP) is 2.80. The maximum atomic E-state index is 9.21. The Kier molecular flexibility index (Phi) is 5.03. The number of piperidine rings is 1. The average molecular weight is 374 g/mol. The molecule has 0 bridgehead atoms. The van der Waals surface area contributed by atoms with Gasteiger partial charge in [-0.05, 0) is 40.9 Å². The molecule has 118 valence electrons. The van der Waals surface area contributed by atoms with Gasteiger partial charge in [0.05, 0.1) is 16.8 Å². The summed E-state index contributed by atoms with van der Waals surface area (Å²) in [5.41, 5.74) is 1.38.